The molecule has 1 saturated heterocycles. The average Bonchev–Trinajstić information content (AvgIpc) is 1.80. The van der Waals surface area contributed by atoms with E-state index in [1.165, 1.54) is 0 Å². The van der Waals surface area contributed by atoms with Crippen LogP contribution in [0.25, 0.3) is 0 Å². The highest BCUT2D eigenvalue weighted by Crippen LogP contribution is 2.17. The Balaban J connectivity index is 2.35. The van der Waals surface area contributed by atoms with Gasteiger partial charge < -0.3 is 5.21 Å². The number of piperidine rings is 1. The zero-order valence-electron chi connectivity index (χ0n) is 5.55. The van der Waals surface area contributed by atoms with Crippen LogP contribution >= 0.6 is 0 Å². The minimum Gasteiger partial charge on any atom is -0.314 e. The van der Waals surface area contributed by atoms with Crippen LogP contribution in [0.1, 0.15) is 13.3 Å². The monoisotopic (exact) mass is 133 g/mol. The van der Waals surface area contributed by atoms with Crippen LogP contribution in [0.5, 0.6) is 0 Å². The van der Waals surface area contributed by atoms with Gasteiger partial charge in [-0.15, -0.1) is 0 Å². The number of rotatable bonds is 0. The zero-order valence-corrected chi connectivity index (χ0v) is 5.55. The van der Waals surface area contributed by atoms with Gasteiger partial charge in [0.1, 0.15) is 6.17 Å². The first kappa shape index (κ1) is 6.96. The summed E-state index contributed by atoms with van der Waals surface area (Å²) in [7, 11) is 0. The zero-order chi connectivity index (χ0) is 6.85. The summed E-state index contributed by atoms with van der Waals surface area (Å²) in [6.07, 6.45) is -0.0822. The number of nitrogens with zero attached hydrogens (tertiary/aromatic N) is 1. The van der Waals surface area contributed by atoms with Gasteiger partial charge in [-0.05, 0) is 12.3 Å². The molecule has 0 aliphatic carbocycles. The molecule has 0 spiro atoms. The van der Waals surface area contributed by atoms with Gasteiger partial charge in [0.15, 0.2) is 0 Å². The third-order valence-electron chi connectivity index (χ3n) is 1.85. The van der Waals surface area contributed by atoms with Crippen molar-refractivity contribution in [2.24, 2.45) is 5.92 Å². The van der Waals surface area contributed by atoms with Crippen LogP contribution in [0.4, 0.5) is 4.39 Å². The maximum absolute atomic E-state index is 12.6. The summed E-state index contributed by atoms with van der Waals surface area (Å²) >= 11 is 0. The predicted octanol–water partition coefficient (Wildman–Crippen LogP) is 1.06. The molecule has 1 rings (SSSR count). The van der Waals surface area contributed by atoms with Crippen LogP contribution in [0.15, 0.2) is 0 Å². The molecule has 0 amide bonds. The molecule has 9 heavy (non-hydrogen) atoms. The van der Waals surface area contributed by atoms with E-state index in [1.54, 1.807) is 0 Å². The van der Waals surface area contributed by atoms with Gasteiger partial charge in [-0.3, -0.25) is 0 Å². The van der Waals surface area contributed by atoms with Crippen LogP contribution in [0.2, 0.25) is 0 Å². The van der Waals surface area contributed by atoms with Crippen molar-refractivity contribution in [3.8, 4) is 0 Å². The highest BCUT2D eigenvalue weighted by Gasteiger charge is 2.24. The van der Waals surface area contributed by atoms with Crippen molar-refractivity contribution in [3.63, 3.8) is 0 Å². The lowest BCUT2D eigenvalue weighted by atomic mass is 9.99. The number of alkyl halides is 1. The Bertz CT molecular complexity index is 99.1. The summed E-state index contributed by atoms with van der Waals surface area (Å²) < 4.78 is 12.6. The third kappa shape index (κ3) is 1.63. The smallest absolute Gasteiger partial charge is 0.118 e. The third-order valence-corrected chi connectivity index (χ3v) is 1.85. The summed E-state index contributed by atoms with van der Waals surface area (Å²) in [4.78, 5) is 0. The second-order valence-corrected chi connectivity index (χ2v) is 2.69. The minimum absolute atomic E-state index is 0.119. The summed E-state index contributed by atoms with van der Waals surface area (Å²) in [5.74, 6) is 0.119. The Kier molecular flexibility index (Phi) is 2.03. The molecule has 3 heteroatoms. The van der Waals surface area contributed by atoms with Crippen LogP contribution in [0, 0.1) is 5.92 Å². The van der Waals surface area contributed by atoms with Gasteiger partial charge in [0.2, 0.25) is 0 Å². The molecule has 0 aromatic heterocycles. The van der Waals surface area contributed by atoms with E-state index in [0.717, 1.165) is 11.5 Å². The molecule has 2 atom stereocenters. The summed E-state index contributed by atoms with van der Waals surface area (Å²) in [6.45, 7) is 2.67. The molecule has 1 heterocycles. The Morgan fingerprint density at radius 2 is 2.33 bits per heavy atom. The van der Waals surface area contributed by atoms with Gasteiger partial charge in [-0.1, -0.05) is 6.92 Å². The minimum atomic E-state index is -0.844. The van der Waals surface area contributed by atoms with Gasteiger partial charge >= 0.3 is 0 Å². The van der Waals surface area contributed by atoms with E-state index in [9.17, 15) is 4.39 Å². The largest absolute Gasteiger partial charge is 0.314 e. The van der Waals surface area contributed by atoms with E-state index in [0.29, 0.717) is 6.54 Å². The summed E-state index contributed by atoms with van der Waals surface area (Å²) in [6, 6.07) is 0. The van der Waals surface area contributed by atoms with Crippen molar-refractivity contribution in [3.05, 3.63) is 0 Å². The fourth-order valence-corrected chi connectivity index (χ4v) is 1.01. The molecule has 2 nitrogen and oxygen atoms in total. The molecule has 0 bridgehead atoms. The first-order valence-electron chi connectivity index (χ1n) is 3.28. The van der Waals surface area contributed by atoms with Crippen molar-refractivity contribution < 1.29 is 9.60 Å². The molecule has 1 aliphatic rings. The Morgan fingerprint density at radius 3 is 2.78 bits per heavy atom. The molecule has 1 N–H and O–H groups in total. The lowest BCUT2D eigenvalue weighted by Gasteiger charge is -2.28. The van der Waals surface area contributed by atoms with Gasteiger partial charge in [0, 0.05) is 6.54 Å². The molecule has 54 valence electrons. The lowest BCUT2D eigenvalue weighted by Crippen LogP contribution is -2.38. The van der Waals surface area contributed by atoms with Gasteiger partial charge in [0.25, 0.3) is 0 Å². The van der Waals surface area contributed by atoms with Crippen molar-refractivity contribution in [1.82, 2.24) is 5.06 Å². The van der Waals surface area contributed by atoms with Crippen LogP contribution in [-0.2, 0) is 0 Å². The van der Waals surface area contributed by atoms with Crippen molar-refractivity contribution in [2.75, 3.05) is 13.1 Å². The Labute approximate surface area is 54.2 Å². The van der Waals surface area contributed by atoms with Crippen LogP contribution in [0.3, 0.4) is 0 Å². The standard InChI is InChI=1S/C6H12FNO/c1-5-2-3-8(9)4-6(5)7/h5-6,9H,2-4H2,1H3. The first-order chi connectivity index (χ1) is 4.20. The number of hydrogen-bond donors (Lipinski definition) is 1. The molecule has 2 unspecified atom stereocenters. The van der Waals surface area contributed by atoms with Crippen LogP contribution in [-0.4, -0.2) is 29.5 Å². The van der Waals surface area contributed by atoms with E-state index in [1.807, 2.05) is 6.92 Å². The molecule has 0 radical (unpaired) electrons. The average molecular weight is 133 g/mol. The van der Waals surface area contributed by atoms with E-state index < -0.39 is 6.17 Å². The van der Waals surface area contributed by atoms with E-state index >= 15 is 0 Å². The van der Waals surface area contributed by atoms with Gasteiger partial charge in [-0.25, -0.2) is 4.39 Å². The van der Waals surface area contributed by atoms with Gasteiger partial charge in [-0.2, -0.15) is 5.06 Å². The maximum atomic E-state index is 12.6. The molecular formula is C6H12FNO. The first-order valence-corrected chi connectivity index (χ1v) is 3.28. The molecule has 0 saturated carbocycles. The highest BCUT2D eigenvalue weighted by atomic mass is 19.1. The van der Waals surface area contributed by atoms with Crippen LogP contribution < -0.4 is 0 Å². The fraction of sp³-hybridized carbons (Fsp3) is 1.00. The summed E-state index contributed by atoms with van der Waals surface area (Å²) in [5.41, 5.74) is 0. The maximum Gasteiger partial charge on any atom is 0.118 e. The lowest BCUT2D eigenvalue weighted by molar-refractivity contribution is -0.131. The Hall–Kier alpha value is -0.150. The number of hydrogen-bond acceptors (Lipinski definition) is 2. The number of hydroxylamine groups is 2. The predicted molar refractivity (Wildman–Crippen MR) is 32.0 cm³/mol. The SMILES string of the molecule is CC1CCN(O)CC1F. The second kappa shape index (κ2) is 2.62. The molecule has 1 aliphatic heterocycles. The second-order valence-electron chi connectivity index (χ2n) is 2.69. The summed E-state index contributed by atoms with van der Waals surface area (Å²) in [5, 5.41) is 9.84. The molecule has 1 fully saturated rings. The van der Waals surface area contributed by atoms with Crippen molar-refractivity contribution >= 4 is 0 Å². The molecule has 0 aromatic carbocycles. The fourth-order valence-electron chi connectivity index (χ4n) is 1.01. The van der Waals surface area contributed by atoms with Gasteiger partial charge in [0.05, 0.1) is 6.54 Å². The highest BCUT2D eigenvalue weighted by molar-refractivity contribution is 4.72. The van der Waals surface area contributed by atoms with E-state index in [-0.39, 0.29) is 12.5 Å². The van der Waals surface area contributed by atoms with Crippen molar-refractivity contribution in [2.45, 2.75) is 19.5 Å². The topological polar surface area (TPSA) is 23.5 Å². The van der Waals surface area contributed by atoms with Crippen molar-refractivity contribution in [1.29, 1.82) is 0 Å². The number of halogens is 1. The normalized spacial score (nSPS) is 39.0. The molecular weight excluding hydrogens is 121 g/mol. The quantitative estimate of drug-likeness (QED) is 0.534. The Morgan fingerprint density at radius 1 is 1.67 bits per heavy atom. The molecule has 0 aromatic rings. The van der Waals surface area contributed by atoms with E-state index in [2.05, 4.69) is 0 Å². The van der Waals surface area contributed by atoms with E-state index in [4.69, 9.17) is 5.21 Å².